The SMILES string of the molecule is CN(Cc1cccc(C2NNNN2)c1)C(=O)c1ccc(C2CCCNC2)cc1. The van der Waals surface area contributed by atoms with Gasteiger partial charge in [-0.1, -0.05) is 36.4 Å². The lowest BCUT2D eigenvalue weighted by Gasteiger charge is -2.23. The third-order valence-electron chi connectivity index (χ3n) is 5.47. The number of carbonyl (C=O) groups excluding carboxylic acids is 1. The van der Waals surface area contributed by atoms with Crippen molar-refractivity contribution >= 4 is 5.91 Å². The van der Waals surface area contributed by atoms with Gasteiger partial charge in [-0.2, -0.15) is 11.1 Å². The minimum atomic E-state index is -0.0113. The van der Waals surface area contributed by atoms with Gasteiger partial charge in [0.1, 0.15) is 6.17 Å². The van der Waals surface area contributed by atoms with Crippen molar-refractivity contribution in [1.82, 2.24) is 32.1 Å². The van der Waals surface area contributed by atoms with E-state index in [0.29, 0.717) is 12.5 Å². The Morgan fingerprint density at radius 1 is 1.07 bits per heavy atom. The fraction of sp³-hybridized carbons (Fsp3) is 0.381. The summed E-state index contributed by atoms with van der Waals surface area (Å²) in [6, 6.07) is 16.3. The molecule has 1 unspecified atom stereocenters. The van der Waals surface area contributed by atoms with E-state index in [1.807, 2.05) is 37.4 Å². The molecule has 2 aromatic rings. The van der Waals surface area contributed by atoms with Crippen molar-refractivity contribution < 1.29 is 4.79 Å². The van der Waals surface area contributed by atoms with Crippen molar-refractivity contribution in [3.63, 3.8) is 0 Å². The lowest BCUT2D eigenvalue weighted by Crippen LogP contribution is -2.33. The van der Waals surface area contributed by atoms with Crippen LogP contribution < -0.4 is 27.2 Å². The van der Waals surface area contributed by atoms with E-state index in [2.05, 4.69) is 45.4 Å². The molecular weight excluding hydrogens is 352 g/mol. The fourth-order valence-corrected chi connectivity index (χ4v) is 3.89. The second kappa shape index (κ2) is 8.81. The van der Waals surface area contributed by atoms with Crippen molar-refractivity contribution in [2.24, 2.45) is 0 Å². The second-order valence-electron chi connectivity index (χ2n) is 7.54. The van der Waals surface area contributed by atoms with E-state index in [0.717, 1.165) is 29.8 Å². The fourth-order valence-electron chi connectivity index (χ4n) is 3.89. The molecule has 2 aliphatic heterocycles. The van der Waals surface area contributed by atoms with E-state index in [1.54, 1.807) is 4.90 Å². The monoisotopic (exact) mass is 380 g/mol. The van der Waals surface area contributed by atoms with Gasteiger partial charge in [0.2, 0.25) is 0 Å². The molecule has 7 nitrogen and oxygen atoms in total. The molecule has 7 heteroatoms. The zero-order valence-electron chi connectivity index (χ0n) is 16.2. The molecule has 2 fully saturated rings. The minimum absolute atomic E-state index is 0.0113. The van der Waals surface area contributed by atoms with E-state index in [1.165, 1.54) is 18.4 Å². The zero-order valence-corrected chi connectivity index (χ0v) is 16.2. The maximum atomic E-state index is 12.8. The Morgan fingerprint density at radius 3 is 2.57 bits per heavy atom. The van der Waals surface area contributed by atoms with Crippen LogP contribution in [0.15, 0.2) is 48.5 Å². The van der Waals surface area contributed by atoms with E-state index in [-0.39, 0.29) is 12.1 Å². The van der Waals surface area contributed by atoms with Crippen LogP contribution in [0.1, 0.15) is 52.0 Å². The lowest BCUT2D eigenvalue weighted by atomic mass is 9.91. The molecule has 148 valence electrons. The molecule has 0 spiro atoms. The van der Waals surface area contributed by atoms with Gasteiger partial charge in [0, 0.05) is 25.7 Å². The highest BCUT2D eigenvalue weighted by Gasteiger charge is 2.18. The Labute approximate surface area is 165 Å². The average Bonchev–Trinajstić information content (AvgIpc) is 3.29. The lowest BCUT2D eigenvalue weighted by molar-refractivity contribution is 0.0785. The number of rotatable bonds is 5. The molecule has 0 aromatic heterocycles. The number of piperidine rings is 1. The zero-order chi connectivity index (χ0) is 19.3. The predicted octanol–water partition coefficient (Wildman–Crippen LogP) is 1.54. The molecule has 1 atom stereocenters. The average molecular weight is 380 g/mol. The van der Waals surface area contributed by atoms with Gasteiger partial charge in [-0.3, -0.25) is 4.79 Å². The Kier molecular flexibility index (Phi) is 5.99. The number of hydrazine groups is 3. The highest BCUT2D eigenvalue weighted by Crippen LogP contribution is 2.23. The topological polar surface area (TPSA) is 80.5 Å². The van der Waals surface area contributed by atoms with Crippen LogP contribution >= 0.6 is 0 Å². The molecule has 0 saturated carbocycles. The maximum Gasteiger partial charge on any atom is 0.253 e. The third-order valence-corrected chi connectivity index (χ3v) is 5.47. The minimum Gasteiger partial charge on any atom is -0.337 e. The van der Waals surface area contributed by atoms with Gasteiger partial charge in [-0.15, -0.1) is 0 Å². The molecule has 0 radical (unpaired) electrons. The molecule has 5 N–H and O–H groups in total. The summed E-state index contributed by atoms with van der Waals surface area (Å²) in [5.41, 5.74) is 16.0. The summed E-state index contributed by atoms with van der Waals surface area (Å²) < 4.78 is 0. The summed E-state index contributed by atoms with van der Waals surface area (Å²) in [6.07, 6.45) is 2.42. The Hall–Kier alpha value is -2.29. The molecule has 28 heavy (non-hydrogen) atoms. The number of benzene rings is 2. The van der Waals surface area contributed by atoms with Crippen molar-refractivity contribution in [2.45, 2.75) is 31.5 Å². The van der Waals surface area contributed by atoms with Crippen molar-refractivity contribution in [1.29, 1.82) is 0 Å². The van der Waals surface area contributed by atoms with Gasteiger partial charge in [0.05, 0.1) is 0 Å². The first kappa shape index (κ1) is 19.0. The Balaban J connectivity index is 1.39. The van der Waals surface area contributed by atoms with E-state index in [9.17, 15) is 4.79 Å². The summed E-state index contributed by atoms with van der Waals surface area (Å²) in [5, 5.41) is 3.45. The van der Waals surface area contributed by atoms with Gasteiger partial charge in [0.25, 0.3) is 5.91 Å². The van der Waals surface area contributed by atoms with Gasteiger partial charge < -0.3 is 10.2 Å². The molecule has 2 aliphatic rings. The summed E-state index contributed by atoms with van der Waals surface area (Å²) in [5.74, 6) is 0.597. The van der Waals surface area contributed by atoms with Crippen LogP contribution in [0, 0.1) is 0 Å². The first-order chi connectivity index (χ1) is 13.7. The van der Waals surface area contributed by atoms with E-state index in [4.69, 9.17) is 0 Å². The molecule has 2 aromatic carbocycles. The van der Waals surface area contributed by atoms with Gasteiger partial charge in [-0.05, 0) is 54.1 Å². The summed E-state index contributed by atoms with van der Waals surface area (Å²) in [4.78, 5) is 14.6. The van der Waals surface area contributed by atoms with Crippen molar-refractivity contribution in [2.75, 3.05) is 20.1 Å². The molecule has 2 heterocycles. The number of hydrogen-bond acceptors (Lipinski definition) is 6. The van der Waals surface area contributed by atoms with Crippen LogP contribution in [0.3, 0.4) is 0 Å². The molecule has 2 saturated heterocycles. The maximum absolute atomic E-state index is 12.8. The van der Waals surface area contributed by atoms with E-state index >= 15 is 0 Å². The van der Waals surface area contributed by atoms with Crippen LogP contribution in [0.4, 0.5) is 0 Å². The van der Waals surface area contributed by atoms with Crippen molar-refractivity contribution in [3.05, 3.63) is 70.8 Å². The number of amides is 1. The summed E-state index contributed by atoms with van der Waals surface area (Å²) >= 11 is 0. The summed E-state index contributed by atoms with van der Waals surface area (Å²) in [6.45, 7) is 2.70. The third kappa shape index (κ3) is 4.40. The quantitative estimate of drug-likeness (QED) is 0.542. The van der Waals surface area contributed by atoms with Crippen LogP contribution in [0.2, 0.25) is 0 Å². The number of carbonyl (C=O) groups is 1. The van der Waals surface area contributed by atoms with Crippen LogP contribution in [-0.2, 0) is 6.54 Å². The molecule has 0 aliphatic carbocycles. The van der Waals surface area contributed by atoms with Gasteiger partial charge >= 0.3 is 0 Å². The number of nitrogens with zero attached hydrogens (tertiary/aromatic N) is 1. The van der Waals surface area contributed by atoms with Gasteiger partial charge in [-0.25, -0.2) is 10.9 Å². The van der Waals surface area contributed by atoms with Crippen LogP contribution in [0.25, 0.3) is 0 Å². The first-order valence-corrected chi connectivity index (χ1v) is 9.87. The smallest absolute Gasteiger partial charge is 0.253 e. The molecular formula is C21H28N6O. The first-order valence-electron chi connectivity index (χ1n) is 9.87. The highest BCUT2D eigenvalue weighted by molar-refractivity contribution is 5.94. The molecule has 4 rings (SSSR count). The van der Waals surface area contributed by atoms with Crippen LogP contribution in [0.5, 0.6) is 0 Å². The normalized spacial score (nSPS) is 20.2. The standard InChI is InChI=1S/C21H28N6O/c1-27(14-15-4-2-5-18(12-15)20-23-25-26-24-20)21(28)17-9-7-16(8-10-17)19-6-3-11-22-13-19/h2,4-5,7-10,12,19-20,22-26H,3,6,11,13-14H2,1H3. The molecule has 0 bridgehead atoms. The van der Waals surface area contributed by atoms with Crippen molar-refractivity contribution in [3.8, 4) is 0 Å². The second-order valence-corrected chi connectivity index (χ2v) is 7.54. The van der Waals surface area contributed by atoms with E-state index < -0.39 is 0 Å². The Morgan fingerprint density at radius 2 is 1.86 bits per heavy atom. The number of nitrogens with one attached hydrogen (secondary N) is 5. The summed E-state index contributed by atoms with van der Waals surface area (Å²) in [7, 11) is 1.85. The number of hydrogen-bond donors (Lipinski definition) is 5. The van der Waals surface area contributed by atoms with Crippen LogP contribution in [-0.4, -0.2) is 30.9 Å². The molecule has 1 amide bonds. The Bertz CT molecular complexity index is 797. The largest absolute Gasteiger partial charge is 0.337 e. The predicted molar refractivity (Wildman–Crippen MR) is 109 cm³/mol. The highest BCUT2D eigenvalue weighted by atomic mass is 16.2. The van der Waals surface area contributed by atoms with Gasteiger partial charge in [0.15, 0.2) is 0 Å².